The van der Waals surface area contributed by atoms with Crippen LogP contribution in [-0.4, -0.2) is 67.3 Å². The SMILES string of the molecule is Cc1ccc(S(=O)(=O)N[C@@H](C)C(=O)N2CCC(C(=O)N[C@@H](CCC(N)=O)C(=O)O)CC2)cc1. The Morgan fingerprint density at radius 3 is 2.24 bits per heavy atom. The van der Waals surface area contributed by atoms with Crippen molar-refractivity contribution in [3.63, 3.8) is 0 Å². The van der Waals surface area contributed by atoms with Crippen LogP contribution >= 0.6 is 0 Å². The predicted octanol–water partition coefficient (Wildman–Crippen LogP) is -0.265. The molecule has 5 N–H and O–H groups in total. The Kier molecular flexibility index (Phi) is 8.94. The van der Waals surface area contributed by atoms with Gasteiger partial charge in [-0.3, -0.25) is 14.4 Å². The maximum Gasteiger partial charge on any atom is 0.326 e. The van der Waals surface area contributed by atoms with Crippen molar-refractivity contribution in [2.24, 2.45) is 11.7 Å². The normalized spacial score (nSPS) is 16.6. The number of carboxylic acids is 1. The average molecular weight is 483 g/mol. The summed E-state index contributed by atoms with van der Waals surface area (Å²) in [5, 5.41) is 11.6. The summed E-state index contributed by atoms with van der Waals surface area (Å²) in [5.74, 6) is -3.29. The van der Waals surface area contributed by atoms with Crippen LogP contribution in [0.5, 0.6) is 0 Å². The van der Waals surface area contributed by atoms with Crippen LogP contribution in [0.2, 0.25) is 0 Å². The van der Waals surface area contributed by atoms with Crippen LogP contribution in [0.25, 0.3) is 0 Å². The minimum Gasteiger partial charge on any atom is -0.480 e. The summed E-state index contributed by atoms with van der Waals surface area (Å²) in [6.45, 7) is 3.75. The molecule has 2 rings (SSSR count). The first-order chi connectivity index (χ1) is 15.4. The first-order valence-corrected chi connectivity index (χ1v) is 12.1. The lowest BCUT2D eigenvalue weighted by Crippen LogP contribution is -2.51. The van der Waals surface area contributed by atoms with Gasteiger partial charge in [-0.05, 0) is 45.2 Å². The zero-order chi connectivity index (χ0) is 24.8. The van der Waals surface area contributed by atoms with Gasteiger partial charge >= 0.3 is 5.97 Å². The van der Waals surface area contributed by atoms with Gasteiger partial charge in [0, 0.05) is 25.4 Å². The highest BCUT2D eigenvalue weighted by Gasteiger charge is 2.32. The number of carboxylic acid groups (broad SMARTS) is 1. The highest BCUT2D eigenvalue weighted by molar-refractivity contribution is 7.89. The Morgan fingerprint density at radius 2 is 1.73 bits per heavy atom. The number of nitrogens with zero attached hydrogens (tertiary/aromatic N) is 1. The molecule has 0 bridgehead atoms. The van der Waals surface area contributed by atoms with Crippen molar-refractivity contribution in [3.8, 4) is 0 Å². The molecule has 1 fully saturated rings. The van der Waals surface area contributed by atoms with Crippen LogP contribution in [0.4, 0.5) is 0 Å². The maximum atomic E-state index is 12.7. The van der Waals surface area contributed by atoms with E-state index in [0.29, 0.717) is 12.8 Å². The van der Waals surface area contributed by atoms with Gasteiger partial charge in [0.1, 0.15) is 6.04 Å². The second-order valence-electron chi connectivity index (χ2n) is 8.16. The topological polar surface area (TPSA) is 176 Å². The second kappa shape index (κ2) is 11.2. The zero-order valence-electron chi connectivity index (χ0n) is 18.6. The fourth-order valence-corrected chi connectivity index (χ4v) is 4.73. The summed E-state index contributed by atoms with van der Waals surface area (Å²) in [6.07, 6.45) is 0.335. The van der Waals surface area contributed by atoms with E-state index in [-0.39, 0.29) is 30.8 Å². The van der Waals surface area contributed by atoms with E-state index in [4.69, 9.17) is 5.73 Å². The van der Waals surface area contributed by atoms with E-state index in [1.165, 1.54) is 24.0 Å². The summed E-state index contributed by atoms with van der Waals surface area (Å²) in [4.78, 5) is 48.9. The van der Waals surface area contributed by atoms with E-state index >= 15 is 0 Å². The van der Waals surface area contributed by atoms with Crippen molar-refractivity contribution in [2.45, 2.75) is 56.5 Å². The van der Waals surface area contributed by atoms with Crippen molar-refractivity contribution >= 4 is 33.7 Å². The number of hydrogen-bond donors (Lipinski definition) is 4. The van der Waals surface area contributed by atoms with Gasteiger partial charge < -0.3 is 21.1 Å². The number of amides is 3. The van der Waals surface area contributed by atoms with Crippen molar-refractivity contribution < 1.29 is 32.7 Å². The standard InChI is InChI=1S/C21H30N4O7S/c1-13-3-5-16(6-4-13)33(31,32)24-14(2)20(28)25-11-9-15(10-12-25)19(27)23-17(21(29)30)7-8-18(22)26/h3-6,14-15,17,24H,7-12H2,1-2H3,(H2,22,26)(H,23,27)(H,29,30)/t14-,17-/m0/s1. The molecule has 3 amide bonds. The number of hydrogen-bond acceptors (Lipinski definition) is 6. The van der Waals surface area contributed by atoms with Crippen LogP contribution in [0, 0.1) is 12.8 Å². The molecule has 0 aromatic heterocycles. The molecule has 0 spiro atoms. The monoisotopic (exact) mass is 482 g/mol. The number of benzene rings is 1. The van der Waals surface area contributed by atoms with E-state index in [0.717, 1.165) is 5.56 Å². The largest absolute Gasteiger partial charge is 0.480 e. The summed E-state index contributed by atoms with van der Waals surface area (Å²) in [5.41, 5.74) is 5.94. The number of aliphatic carboxylic acids is 1. The number of likely N-dealkylation sites (tertiary alicyclic amines) is 1. The molecule has 2 atom stereocenters. The van der Waals surface area contributed by atoms with Gasteiger partial charge in [0.15, 0.2) is 0 Å². The van der Waals surface area contributed by atoms with E-state index in [1.807, 2.05) is 6.92 Å². The molecule has 0 radical (unpaired) electrons. The molecule has 1 saturated heterocycles. The minimum atomic E-state index is -3.87. The quantitative estimate of drug-likeness (QED) is 0.355. The van der Waals surface area contributed by atoms with E-state index in [1.54, 1.807) is 12.1 Å². The fraction of sp³-hybridized carbons (Fsp3) is 0.524. The van der Waals surface area contributed by atoms with Crippen molar-refractivity contribution in [2.75, 3.05) is 13.1 Å². The molecule has 1 aliphatic rings. The third kappa shape index (κ3) is 7.53. The Bertz CT molecular complexity index is 986. The molecule has 12 heteroatoms. The number of aryl methyl sites for hydroxylation is 1. The van der Waals surface area contributed by atoms with Gasteiger partial charge in [-0.15, -0.1) is 0 Å². The van der Waals surface area contributed by atoms with Crippen molar-refractivity contribution in [3.05, 3.63) is 29.8 Å². The molecule has 1 heterocycles. The third-order valence-electron chi connectivity index (χ3n) is 5.51. The number of nitrogens with two attached hydrogens (primary N) is 1. The Morgan fingerprint density at radius 1 is 1.15 bits per heavy atom. The summed E-state index contributed by atoms with van der Waals surface area (Å²) in [6, 6.07) is 4.05. The Balaban J connectivity index is 1.89. The highest BCUT2D eigenvalue weighted by Crippen LogP contribution is 2.19. The van der Waals surface area contributed by atoms with Gasteiger partial charge in [-0.25, -0.2) is 13.2 Å². The molecule has 1 aromatic carbocycles. The first-order valence-electron chi connectivity index (χ1n) is 10.6. The van der Waals surface area contributed by atoms with Crippen LogP contribution in [0.3, 0.4) is 0 Å². The lowest BCUT2D eigenvalue weighted by atomic mass is 9.95. The number of sulfonamides is 1. The number of rotatable bonds is 10. The first kappa shape index (κ1) is 26.3. The number of piperidine rings is 1. The highest BCUT2D eigenvalue weighted by atomic mass is 32.2. The van der Waals surface area contributed by atoms with Gasteiger partial charge in [-0.1, -0.05) is 17.7 Å². The summed E-state index contributed by atoms with van der Waals surface area (Å²) < 4.78 is 27.4. The molecule has 0 unspecified atom stereocenters. The Hall–Kier alpha value is -2.99. The molecule has 1 aliphatic heterocycles. The lowest BCUT2D eigenvalue weighted by molar-refractivity contribution is -0.143. The summed E-state index contributed by atoms with van der Waals surface area (Å²) in [7, 11) is -3.87. The second-order valence-corrected chi connectivity index (χ2v) is 9.87. The van der Waals surface area contributed by atoms with Crippen LogP contribution in [-0.2, 0) is 29.2 Å². The van der Waals surface area contributed by atoms with Gasteiger partial charge in [0.2, 0.25) is 27.7 Å². The smallest absolute Gasteiger partial charge is 0.326 e. The van der Waals surface area contributed by atoms with Gasteiger partial charge in [0.25, 0.3) is 0 Å². The molecular weight excluding hydrogens is 452 g/mol. The number of nitrogens with one attached hydrogen (secondary N) is 2. The van der Waals surface area contributed by atoms with E-state index in [2.05, 4.69) is 10.0 Å². The fourth-order valence-electron chi connectivity index (χ4n) is 3.54. The molecule has 0 aliphatic carbocycles. The molecule has 0 saturated carbocycles. The van der Waals surface area contributed by atoms with E-state index < -0.39 is 51.7 Å². The average Bonchev–Trinajstić information content (AvgIpc) is 2.75. The van der Waals surface area contributed by atoms with Crippen molar-refractivity contribution in [1.82, 2.24) is 14.9 Å². The zero-order valence-corrected chi connectivity index (χ0v) is 19.4. The van der Waals surface area contributed by atoms with E-state index in [9.17, 15) is 32.7 Å². The van der Waals surface area contributed by atoms with Crippen LogP contribution < -0.4 is 15.8 Å². The van der Waals surface area contributed by atoms with Gasteiger partial charge in [0.05, 0.1) is 10.9 Å². The number of carbonyl (C=O) groups excluding carboxylic acids is 3. The maximum absolute atomic E-state index is 12.7. The third-order valence-corrected chi connectivity index (χ3v) is 7.06. The number of primary amides is 1. The molecule has 11 nitrogen and oxygen atoms in total. The van der Waals surface area contributed by atoms with Crippen molar-refractivity contribution in [1.29, 1.82) is 0 Å². The summed E-state index contributed by atoms with van der Waals surface area (Å²) >= 11 is 0. The molecule has 33 heavy (non-hydrogen) atoms. The van der Waals surface area contributed by atoms with Gasteiger partial charge in [-0.2, -0.15) is 4.72 Å². The molecular formula is C21H30N4O7S. The minimum absolute atomic E-state index is 0.0625. The predicted molar refractivity (Wildman–Crippen MR) is 118 cm³/mol. The number of carbonyl (C=O) groups is 4. The molecule has 182 valence electrons. The molecule has 1 aromatic rings. The Labute approximate surface area is 192 Å². The lowest BCUT2D eigenvalue weighted by Gasteiger charge is -2.33. The van der Waals surface area contributed by atoms with Crippen LogP contribution in [0.1, 0.15) is 38.2 Å². The van der Waals surface area contributed by atoms with Crippen LogP contribution in [0.15, 0.2) is 29.2 Å².